The number of hydrogen-bond donors (Lipinski definition) is 1. The second-order valence-corrected chi connectivity index (χ2v) is 5.59. The molecule has 1 amide bonds. The first-order valence-corrected chi connectivity index (χ1v) is 8.32. The van der Waals surface area contributed by atoms with E-state index in [2.05, 4.69) is 12.2 Å². The minimum Gasteiger partial charge on any atom is -0.494 e. The molecule has 0 unspecified atom stereocenters. The largest absolute Gasteiger partial charge is 0.494 e. The summed E-state index contributed by atoms with van der Waals surface area (Å²) >= 11 is 5.78. The van der Waals surface area contributed by atoms with Crippen LogP contribution >= 0.6 is 11.6 Å². The molecule has 2 rings (SSSR count). The first-order valence-electron chi connectivity index (χ1n) is 7.79. The molecule has 0 aliphatic heterocycles. The fraction of sp³-hybridized carbons (Fsp3) is 0.389. The molecule has 2 aromatic rings. The minimum atomic E-state index is -0.220. The molecule has 23 heavy (non-hydrogen) atoms. The van der Waals surface area contributed by atoms with Crippen LogP contribution < -0.4 is 10.1 Å². The second kappa shape index (κ2) is 8.63. The number of alkyl halides is 1. The van der Waals surface area contributed by atoms with Crippen molar-refractivity contribution in [1.29, 1.82) is 0 Å². The zero-order valence-electron chi connectivity index (χ0n) is 13.5. The maximum Gasteiger partial charge on any atom is 0.287 e. The Balaban J connectivity index is 1.85. The van der Waals surface area contributed by atoms with Crippen molar-refractivity contribution in [3.63, 3.8) is 0 Å². The van der Waals surface area contributed by atoms with Crippen LogP contribution in [0.4, 0.5) is 0 Å². The number of aryl methyl sites for hydroxylation is 1. The van der Waals surface area contributed by atoms with Crippen molar-refractivity contribution in [3.05, 3.63) is 53.0 Å². The lowest BCUT2D eigenvalue weighted by molar-refractivity contribution is 0.0925. The molecule has 5 heteroatoms. The number of amides is 1. The predicted octanol–water partition coefficient (Wildman–Crippen LogP) is 4.09. The summed E-state index contributed by atoms with van der Waals surface area (Å²) in [5.41, 5.74) is 1.97. The van der Waals surface area contributed by atoms with Crippen molar-refractivity contribution in [2.24, 2.45) is 0 Å². The van der Waals surface area contributed by atoms with E-state index >= 15 is 0 Å². The standard InChI is InChI=1S/C18H22ClNO3/c1-3-9-22-16-6-4-5-14(10-16)7-8-20-18(21)17-11-15(12-19)13(2)23-17/h4-6,10-11H,3,7-9,12H2,1-2H3,(H,20,21). The van der Waals surface area contributed by atoms with Gasteiger partial charge >= 0.3 is 0 Å². The van der Waals surface area contributed by atoms with Gasteiger partial charge in [0.1, 0.15) is 11.5 Å². The van der Waals surface area contributed by atoms with Crippen molar-refractivity contribution in [2.45, 2.75) is 32.6 Å². The van der Waals surface area contributed by atoms with Crippen LogP contribution in [0.5, 0.6) is 5.75 Å². The lowest BCUT2D eigenvalue weighted by atomic mass is 10.1. The summed E-state index contributed by atoms with van der Waals surface area (Å²) in [5.74, 6) is 1.98. The topological polar surface area (TPSA) is 51.5 Å². The monoisotopic (exact) mass is 335 g/mol. The van der Waals surface area contributed by atoms with Crippen LogP contribution in [0.1, 0.15) is 40.8 Å². The zero-order chi connectivity index (χ0) is 16.7. The van der Waals surface area contributed by atoms with E-state index in [9.17, 15) is 4.79 Å². The van der Waals surface area contributed by atoms with Crippen LogP contribution in [-0.4, -0.2) is 19.1 Å². The van der Waals surface area contributed by atoms with Crippen LogP contribution in [0, 0.1) is 6.92 Å². The predicted molar refractivity (Wildman–Crippen MR) is 91.3 cm³/mol. The molecule has 0 aliphatic carbocycles. The Morgan fingerprint density at radius 3 is 2.87 bits per heavy atom. The van der Waals surface area contributed by atoms with Crippen molar-refractivity contribution in [2.75, 3.05) is 13.2 Å². The molecule has 0 aliphatic rings. The van der Waals surface area contributed by atoms with E-state index in [0.29, 0.717) is 30.6 Å². The van der Waals surface area contributed by atoms with Gasteiger partial charge in [0.2, 0.25) is 0 Å². The Labute approximate surface area is 141 Å². The van der Waals surface area contributed by atoms with Crippen molar-refractivity contribution in [3.8, 4) is 5.75 Å². The van der Waals surface area contributed by atoms with E-state index in [1.807, 2.05) is 24.3 Å². The number of hydrogen-bond acceptors (Lipinski definition) is 3. The van der Waals surface area contributed by atoms with Gasteiger partial charge in [-0.2, -0.15) is 0 Å². The second-order valence-electron chi connectivity index (χ2n) is 5.33. The van der Waals surface area contributed by atoms with Gasteiger partial charge in [0.25, 0.3) is 5.91 Å². The number of carbonyl (C=O) groups is 1. The van der Waals surface area contributed by atoms with Gasteiger partial charge in [0.15, 0.2) is 5.76 Å². The molecule has 124 valence electrons. The van der Waals surface area contributed by atoms with Crippen molar-refractivity contribution in [1.82, 2.24) is 5.32 Å². The normalized spacial score (nSPS) is 10.6. The number of rotatable bonds is 8. The summed E-state index contributed by atoms with van der Waals surface area (Å²) in [7, 11) is 0. The van der Waals surface area contributed by atoms with Crippen LogP contribution in [-0.2, 0) is 12.3 Å². The average Bonchev–Trinajstić information content (AvgIpc) is 2.94. The van der Waals surface area contributed by atoms with E-state index in [-0.39, 0.29) is 5.91 Å². The van der Waals surface area contributed by atoms with E-state index in [1.165, 1.54) is 0 Å². The van der Waals surface area contributed by atoms with Crippen molar-refractivity contribution >= 4 is 17.5 Å². The smallest absolute Gasteiger partial charge is 0.287 e. The van der Waals surface area contributed by atoms with Crippen LogP contribution in [0.15, 0.2) is 34.7 Å². The number of ether oxygens (including phenoxy) is 1. The summed E-state index contributed by atoms with van der Waals surface area (Å²) in [6, 6.07) is 9.62. The lowest BCUT2D eigenvalue weighted by Gasteiger charge is -2.07. The zero-order valence-corrected chi connectivity index (χ0v) is 14.3. The average molecular weight is 336 g/mol. The van der Waals surface area contributed by atoms with Gasteiger partial charge in [-0.25, -0.2) is 0 Å². The number of benzene rings is 1. The summed E-state index contributed by atoms with van der Waals surface area (Å²) in [5, 5.41) is 2.86. The highest BCUT2D eigenvalue weighted by atomic mass is 35.5. The number of nitrogens with one attached hydrogen (secondary N) is 1. The Morgan fingerprint density at radius 2 is 2.17 bits per heavy atom. The highest BCUT2D eigenvalue weighted by Crippen LogP contribution is 2.17. The molecular formula is C18H22ClNO3. The molecule has 0 spiro atoms. The molecule has 1 aromatic carbocycles. The van der Waals surface area contributed by atoms with Crippen LogP contribution in [0.3, 0.4) is 0 Å². The lowest BCUT2D eigenvalue weighted by Crippen LogP contribution is -2.25. The third kappa shape index (κ3) is 5.03. The fourth-order valence-corrected chi connectivity index (χ4v) is 2.45. The quantitative estimate of drug-likeness (QED) is 0.739. The third-order valence-electron chi connectivity index (χ3n) is 3.46. The molecule has 0 saturated carbocycles. The van der Waals surface area contributed by atoms with E-state index in [0.717, 1.165) is 29.7 Å². The fourth-order valence-electron chi connectivity index (χ4n) is 2.18. The Hall–Kier alpha value is -1.94. The van der Waals surface area contributed by atoms with Gasteiger partial charge < -0.3 is 14.5 Å². The van der Waals surface area contributed by atoms with Gasteiger partial charge in [-0.3, -0.25) is 4.79 Å². The maximum atomic E-state index is 12.1. The highest BCUT2D eigenvalue weighted by molar-refractivity contribution is 6.17. The summed E-state index contributed by atoms with van der Waals surface area (Å²) < 4.78 is 11.0. The molecule has 0 atom stereocenters. The molecule has 0 radical (unpaired) electrons. The molecule has 1 N–H and O–H groups in total. The summed E-state index contributed by atoms with van der Waals surface area (Å²) in [4.78, 5) is 12.1. The number of furan rings is 1. The van der Waals surface area contributed by atoms with Gasteiger partial charge in [0.05, 0.1) is 12.5 Å². The van der Waals surface area contributed by atoms with Gasteiger partial charge in [-0.05, 0) is 43.5 Å². The molecule has 0 saturated heterocycles. The van der Waals surface area contributed by atoms with Crippen LogP contribution in [0.2, 0.25) is 0 Å². The van der Waals surface area contributed by atoms with E-state index < -0.39 is 0 Å². The SMILES string of the molecule is CCCOc1cccc(CCNC(=O)c2cc(CCl)c(C)o2)c1. The minimum absolute atomic E-state index is 0.220. The van der Waals surface area contributed by atoms with Gasteiger partial charge in [0, 0.05) is 12.1 Å². The third-order valence-corrected chi connectivity index (χ3v) is 3.75. The van der Waals surface area contributed by atoms with Gasteiger partial charge in [-0.1, -0.05) is 19.1 Å². The molecular weight excluding hydrogens is 314 g/mol. The van der Waals surface area contributed by atoms with Crippen LogP contribution in [0.25, 0.3) is 0 Å². The summed E-state index contributed by atoms with van der Waals surface area (Å²) in [6.45, 7) is 5.12. The first kappa shape index (κ1) is 17.4. The van der Waals surface area contributed by atoms with Gasteiger partial charge in [-0.15, -0.1) is 11.6 Å². The van der Waals surface area contributed by atoms with Crippen molar-refractivity contribution < 1.29 is 13.9 Å². The summed E-state index contributed by atoms with van der Waals surface area (Å²) in [6.07, 6.45) is 1.71. The van der Waals surface area contributed by atoms with E-state index in [4.69, 9.17) is 20.8 Å². The molecule has 1 aromatic heterocycles. The number of halogens is 1. The molecule has 1 heterocycles. The Kier molecular flexibility index (Phi) is 6.53. The highest BCUT2D eigenvalue weighted by Gasteiger charge is 2.13. The number of carbonyl (C=O) groups excluding carboxylic acids is 1. The maximum absolute atomic E-state index is 12.1. The Morgan fingerprint density at radius 1 is 1.35 bits per heavy atom. The molecule has 0 bridgehead atoms. The Bertz CT molecular complexity index is 651. The molecule has 0 fully saturated rings. The van der Waals surface area contributed by atoms with E-state index in [1.54, 1.807) is 13.0 Å². The first-order chi connectivity index (χ1) is 11.1. The molecule has 4 nitrogen and oxygen atoms in total.